The number of rotatable bonds is 4. The molecular weight excluding hydrogens is 273 g/mol. The summed E-state index contributed by atoms with van der Waals surface area (Å²) in [5.41, 5.74) is 7.22. The maximum absolute atomic E-state index is 13.4. The third-order valence-electron chi connectivity index (χ3n) is 4.58. The molecule has 1 aromatic carbocycles. The van der Waals surface area contributed by atoms with E-state index in [4.69, 9.17) is 17.3 Å². The fraction of sp³-hybridized carbons (Fsp3) is 0.647. The Morgan fingerprint density at radius 3 is 2.90 bits per heavy atom. The molecule has 1 aliphatic rings. The maximum Gasteiger partial charge on any atom is 0.123 e. The number of halogens is 2. The Bertz CT molecular complexity index is 449. The highest BCUT2D eigenvalue weighted by Crippen LogP contribution is 2.34. The molecule has 0 radical (unpaired) electrons. The number of hydrogen-bond acceptors (Lipinski definition) is 1. The minimum absolute atomic E-state index is 0.222. The van der Waals surface area contributed by atoms with Gasteiger partial charge in [-0.05, 0) is 55.4 Å². The van der Waals surface area contributed by atoms with Crippen LogP contribution in [0.1, 0.15) is 57.4 Å². The second-order valence-electron chi connectivity index (χ2n) is 6.36. The number of nitrogens with two attached hydrogens (primary N) is 1. The molecule has 2 atom stereocenters. The van der Waals surface area contributed by atoms with E-state index in [-0.39, 0.29) is 11.4 Å². The zero-order chi connectivity index (χ0) is 14.6. The Balaban J connectivity index is 2.05. The lowest BCUT2D eigenvalue weighted by Gasteiger charge is -2.29. The summed E-state index contributed by atoms with van der Waals surface area (Å²) in [7, 11) is 0. The van der Waals surface area contributed by atoms with Crippen LogP contribution >= 0.6 is 11.6 Å². The summed E-state index contributed by atoms with van der Waals surface area (Å²) in [4.78, 5) is 0. The highest BCUT2D eigenvalue weighted by molar-refractivity contribution is 6.31. The van der Waals surface area contributed by atoms with Crippen LogP contribution in [0.2, 0.25) is 5.02 Å². The lowest BCUT2D eigenvalue weighted by atomic mass is 9.84. The van der Waals surface area contributed by atoms with E-state index in [9.17, 15) is 4.39 Å². The van der Waals surface area contributed by atoms with Gasteiger partial charge in [0.05, 0.1) is 0 Å². The van der Waals surface area contributed by atoms with Crippen molar-refractivity contribution in [3.63, 3.8) is 0 Å². The van der Waals surface area contributed by atoms with Gasteiger partial charge in [-0.1, -0.05) is 44.2 Å². The van der Waals surface area contributed by atoms with Gasteiger partial charge in [-0.25, -0.2) is 4.39 Å². The SMILES string of the molecule is CCCC1CCCC(N)(Cc2cc(F)ccc2Cl)CC1. The topological polar surface area (TPSA) is 26.0 Å². The van der Waals surface area contributed by atoms with Crippen molar-refractivity contribution in [1.82, 2.24) is 0 Å². The summed E-state index contributed by atoms with van der Waals surface area (Å²) in [5.74, 6) is 0.582. The molecule has 0 aromatic heterocycles. The van der Waals surface area contributed by atoms with Gasteiger partial charge < -0.3 is 5.73 Å². The van der Waals surface area contributed by atoms with Crippen molar-refractivity contribution in [2.75, 3.05) is 0 Å². The lowest BCUT2D eigenvalue weighted by Crippen LogP contribution is -2.41. The van der Waals surface area contributed by atoms with Gasteiger partial charge >= 0.3 is 0 Å². The molecule has 1 nitrogen and oxygen atoms in total. The molecule has 2 N–H and O–H groups in total. The number of hydrogen-bond donors (Lipinski definition) is 1. The molecule has 20 heavy (non-hydrogen) atoms. The fourth-order valence-corrected chi connectivity index (χ4v) is 3.62. The first-order valence-corrected chi connectivity index (χ1v) is 8.13. The Morgan fingerprint density at radius 2 is 2.15 bits per heavy atom. The van der Waals surface area contributed by atoms with Gasteiger partial charge in [0.15, 0.2) is 0 Å². The van der Waals surface area contributed by atoms with E-state index in [1.165, 1.54) is 44.2 Å². The molecule has 0 spiro atoms. The van der Waals surface area contributed by atoms with E-state index in [0.29, 0.717) is 11.4 Å². The molecule has 1 aromatic rings. The molecule has 2 unspecified atom stereocenters. The summed E-state index contributed by atoms with van der Waals surface area (Å²) >= 11 is 6.17. The molecule has 0 bridgehead atoms. The highest BCUT2D eigenvalue weighted by atomic mass is 35.5. The van der Waals surface area contributed by atoms with E-state index in [1.807, 2.05) is 0 Å². The zero-order valence-corrected chi connectivity index (χ0v) is 13.1. The Labute approximate surface area is 126 Å². The van der Waals surface area contributed by atoms with Crippen LogP contribution in [-0.4, -0.2) is 5.54 Å². The van der Waals surface area contributed by atoms with Crippen LogP contribution in [0.25, 0.3) is 0 Å². The average Bonchev–Trinajstić information content (AvgIpc) is 2.57. The molecular formula is C17H25ClFN. The maximum atomic E-state index is 13.4. The Kier molecular flexibility index (Phi) is 5.45. The molecule has 112 valence electrons. The van der Waals surface area contributed by atoms with Crippen LogP contribution in [0.3, 0.4) is 0 Å². The van der Waals surface area contributed by atoms with Crippen LogP contribution in [0.4, 0.5) is 4.39 Å². The first kappa shape index (κ1) is 15.8. The van der Waals surface area contributed by atoms with Gasteiger partial charge in [0, 0.05) is 10.6 Å². The fourth-order valence-electron chi connectivity index (χ4n) is 3.44. The first-order valence-electron chi connectivity index (χ1n) is 7.75. The lowest BCUT2D eigenvalue weighted by molar-refractivity contribution is 0.355. The summed E-state index contributed by atoms with van der Waals surface area (Å²) < 4.78 is 13.4. The average molecular weight is 298 g/mol. The van der Waals surface area contributed by atoms with Crippen LogP contribution in [0, 0.1) is 11.7 Å². The van der Waals surface area contributed by atoms with Gasteiger partial charge in [-0.3, -0.25) is 0 Å². The Hall–Kier alpha value is -0.600. The van der Waals surface area contributed by atoms with E-state index in [1.54, 1.807) is 6.07 Å². The van der Waals surface area contributed by atoms with Crippen molar-refractivity contribution in [2.24, 2.45) is 11.7 Å². The third kappa shape index (κ3) is 4.20. The van der Waals surface area contributed by atoms with Gasteiger partial charge in [0.1, 0.15) is 5.82 Å². The van der Waals surface area contributed by atoms with E-state index < -0.39 is 0 Å². The number of benzene rings is 1. The monoisotopic (exact) mass is 297 g/mol. The highest BCUT2D eigenvalue weighted by Gasteiger charge is 2.30. The molecule has 0 aliphatic heterocycles. The molecule has 0 heterocycles. The van der Waals surface area contributed by atoms with Gasteiger partial charge in [0.2, 0.25) is 0 Å². The van der Waals surface area contributed by atoms with Crippen LogP contribution in [-0.2, 0) is 6.42 Å². The van der Waals surface area contributed by atoms with Gasteiger partial charge in [-0.15, -0.1) is 0 Å². The minimum atomic E-state index is -0.231. The van der Waals surface area contributed by atoms with Gasteiger partial charge in [0.25, 0.3) is 0 Å². The molecule has 3 heteroatoms. The van der Waals surface area contributed by atoms with Crippen molar-refractivity contribution >= 4 is 11.6 Å². The summed E-state index contributed by atoms with van der Waals surface area (Å²) in [6.45, 7) is 2.24. The van der Waals surface area contributed by atoms with E-state index >= 15 is 0 Å². The quantitative estimate of drug-likeness (QED) is 0.769. The smallest absolute Gasteiger partial charge is 0.123 e. The minimum Gasteiger partial charge on any atom is -0.325 e. The van der Waals surface area contributed by atoms with Crippen molar-refractivity contribution in [3.8, 4) is 0 Å². The molecule has 2 rings (SSSR count). The van der Waals surface area contributed by atoms with Gasteiger partial charge in [-0.2, -0.15) is 0 Å². The summed E-state index contributed by atoms with van der Waals surface area (Å²) in [6, 6.07) is 4.57. The second kappa shape index (κ2) is 6.91. The molecule has 1 aliphatic carbocycles. The van der Waals surface area contributed by atoms with Crippen LogP contribution in [0.15, 0.2) is 18.2 Å². The molecule has 0 saturated heterocycles. The predicted molar refractivity (Wildman–Crippen MR) is 83.5 cm³/mol. The van der Waals surface area contributed by atoms with Crippen molar-refractivity contribution in [1.29, 1.82) is 0 Å². The first-order chi connectivity index (χ1) is 9.52. The van der Waals surface area contributed by atoms with Crippen molar-refractivity contribution in [2.45, 2.75) is 63.8 Å². The Morgan fingerprint density at radius 1 is 1.35 bits per heavy atom. The molecule has 0 amide bonds. The zero-order valence-electron chi connectivity index (χ0n) is 12.3. The summed E-state index contributed by atoms with van der Waals surface area (Å²) in [5, 5.41) is 0.630. The normalized spacial score (nSPS) is 27.3. The van der Waals surface area contributed by atoms with Crippen LogP contribution in [0.5, 0.6) is 0 Å². The molecule has 1 fully saturated rings. The standard InChI is InChI=1S/C17H25ClFN/c1-2-4-13-5-3-9-17(20,10-8-13)12-14-11-15(19)6-7-16(14)18/h6-7,11,13H,2-5,8-10,12,20H2,1H3. The molecule has 1 saturated carbocycles. The third-order valence-corrected chi connectivity index (χ3v) is 4.95. The largest absolute Gasteiger partial charge is 0.325 e. The van der Waals surface area contributed by atoms with E-state index in [0.717, 1.165) is 24.3 Å². The van der Waals surface area contributed by atoms with Crippen molar-refractivity contribution in [3.05, 3.63) is 34.6 Å². The van der Waals surface area contributed by atoms with Crippen molar-refractivity contribution < 1.29 is 4.39 Å². The summed E-state index contributed by atoms with van der Waals surface area (Å²) in [6.07, 6.45) is 8.91. The van der Waals surface area contributed by atoms with E-state index in [2.05, 4.69) is 6.92 Å². The van der Waals surface area contributed by atoms with Crippen LogP contribution < -0.4 is 5.73 Å². The predicted octanol–water partition coefficient (Wildman–Crippen LogP) is 5.10. The second-order valence-corrected chi connectivity index (χ2v) is 6.77.